The molecule has 4 nitrogen and oxygen atoms in total. The van der Waals surface area contributed by atoms with Gasteiger partial charge in [0.1, 0.15) is 5.38 Å². The van der Waals surface area contributed by atoms with E-state index in [-0.39, 0.29) is 5.91 Å². The Balaban J connectivity index is 2.11. The van der Waals surface area contributed by atoms with Crippen LogP contribution in [0, 0.1) is 0 Å². The summed E-state index contributed by atoms with van der Waals surface area (Å²) in [7, 11) is 1.63. The fourth-order valence-corrected chi connectivity index (χ4v) is 2.58. The molecule has 1 aromatic carbocycles. The van der Waals surface area contributed by atoms with E-state index < -0.39 is 5.38 Å². The smallest absolute Gasteiger partial charge is 0.240 e. The normalized spacial score (nSPS) is 12.1. The first kappa shape index (κ1) is 17.6. The van der Waals surface area contributed by atoms with Gasteiger partial charge in [-0.2, -0.15) is 0 Å². The summed E-state index contributed by atoms with van der Waals surface area (Å²) in [6.45, 7) is 4.04. The van der Waals surface area contributed by atoms with E-state index in [1.54, 1.807) is 18.9 Å². The number of rotatable bonds is 8. The van der Waals surface area contributed by atoms with Gasteiger partial charge in [0.25, 0.3) is 0 Å². The average molecular weight is 335 g/mol. The zero-order chi connectivity index (χ0) is 16.7. The van der Waals surface area contributed by atoms with Crippen LogP contribution in [0.25, 0.3) is 0 Å². The van der Waals surface area contributed by atoms with Crippen molar-refractivity contribution in [3.8, 4) is 0 Å². The van der Waals surface area contributed by atoms with Gasteiger partial charge in [0, 0.05) is 32.1 Å². The van der Waals surface area contributed by atoms with Gasteiger partial charge in [0.2, 0.25) is 5.91 Å². The molecule has 0 aliphatic carbocycles. The summed E-state index contributed by atoms with van der Waals surface area (Å²) in [6.07, 6.45) is 2.03. The number of amides is 1. The van der Waals surface area contributed by atoms with E-state index in [1.165, 1.54) is 5.56 Å². The SMILES string of the molecule is COCCN(Cc1cccn1Cc1ccccc1)C(=O)[C@@H](C)Cl. The largest absolute Gasteiger partial charge is 0.383 e. The second-order valence-electron chi connectivity index (χ2n) is 5.48. The molecule has 1 atom stereocenters. The predicted molar refractivity (Wildman–Crippen MR) is 92.6 cm³/mol. The van der Waals surface area contributed by atoms with Crippen molar-refractivity contribution in [1.29, 1.82) is 0 Å². The van der Waals surface area contributed by atoms with Crippen LogP contribution in [-0.2, 0) is 22.6 Å². The van der Waals surface area contributed by atoms with Crippen LogP contribution in [0.5, 0.6) is 0 Å². The number of aromatic nitrogens is 1. The predicted octanol–water partition coefficient (Wildman–Crippen LogP) is 3.14. The van der Waals surface area contributed by atoms with Crippen molar-refractivity contribution in [3.05, 3.63) is 59.9 Å². The van der Waals surface area contributed by atoms with Crippen LogP contribution in [0.4, 0.5) is 0 Å². The van der Waals surface area contributed by atoms with Crippen molar-refractivity contribution in [2.75, 3.05) is 20.3 Å². The van der Waals surface area contributed by atoms with Crippen molar-refractivity contribution >= 4 is 17.5 Å². The monoisotopic (exact) mass is 334 g/mol. The number of halogens is 1. The van der Waals surface area contributed by atoms with Crippen LogP contribution in [0.2, 0.25) is 0 Å². The van der Waals surface area contributed by atoms with Crippen molar-refractivity contribution in [1.82, 2.24) is 9.47 Å². The second-order valence-corrected chi connectivity index (χ2v) is 6.14. The quantitative estimate of drug-likeness (QED) is 0.695. The minimum Gasteiger partial charge on any atom is -0.383 e. The third-order valence-corrected chi connectivity index (χ3v) is 3.88. The zero-order valence-corrected chi connectivity index (χ0v) is 14.4. The van der Waals surface area contributed by atoms with E-state index >= 15 is 0 Å². The first-order chi connectivity index (χ1) is 11.1. The molecule has 0 spiro atoms. The summed E-state index contributed by atoms with van der Waals surface area (Å²) in [6, 6.07) is 14.3. The van der Waals surface area contributed by atoms with Crippen LogP contribution < -0.4 is 0 Å². The number of carbonyl (C=O) groups is 1. The van der Waals surface area contributed by atoms with Crippen molar-refractivity contribution in [3.63, 3.8) is 0 Å². The minimum absolute atomic E-state index is 0.0730. The molecule has 1 aromatic heterocycles. The minimum atomic E-state index is -0.538. The van der Waals surface area contributed by atoms with Crippen LogP contribution in [0.1, 0.15) is 18.2 Å². The van der Waals surface area contributed by atoms with Crippen LogP contribution in [0.15, 0.2) is 48.7 Å². The van der Waals surface area contributed by atoms with Crippen molar-refractivity contribution in [2.24, 2.45) is 0 Å². The summed E-state index contributed by atoms with van der Waals surface area (Å²) in [5, 5.41) is -0.538. The molecule has 0 aliphatic heterocycles. The Kier molecular flexibility index (Phi) is 6.68. The molecule has 0 bridgehead atoms. The van der Waals surface area contributed by atoms with Crippen LogP contribution in [0.3, 0.4) is 0 Å². The molecule has 0 fully saturated rings. The van der Waals surface area contributed by atoms with Gasteiger partial charge >= 0.3 is 0 Å². The highest BCUT2D eigenvalue weighted by Gasteiger charge is 2.19. The first-order valence-electron chi connectivity index (χ1n) is 7.71. The molecular formula is C18H23ClN2O2. The molecule has 2 rings (SSSR count). The maximum atomic E-state index is 12.3. The van der Waals surface area contributed by atoms with Crippen LogP contribution in [-0.4, -0.2) is 41.0 Å². The fraction of sp³-hybridized carbons (Fsp3) is 0.389. The van der Waals surface area contributed by atoms with Gasteiger partial charge in [-0.05, 0) is 24.6 Å². The first-order valence-corrected chi connectivity index (χ1v) is 8.15. The Morgan fingerprint density at radius 1 is 1.26 bits per heavy atom. The van der Waals surface area contributed by atoms with Gasteiger partial charge in [-0.25, -0.2) is 0 Å². The van der Waals surface area contributed by atoms with E-state index in [0.717, 1.165) is 12.2 Å². The molecule has 1 amide bonds. The van der Waals surface area contributed by atoms with E-state index in [4.69, 9.17) is 16.3 Å². The molecule has 0 unspecified atom stereocenters. The lowest BCUT2D eigenvalue weighted by molar-refractivity contribution is -0.131. The third kappa shape index (κ3) is 5.12. The highest BCUT2D eigenvalue weighted by molar-refractivity contribution is 6.30. The molecule has 0 saturated carbocycles. The molecule has 5 heteroatoms. The van der Waals surface area contributed by atoms with Crippen molar-refractivity contribution < 1.29 is 9.53 Å². The molecule has 0 aliphatic rings. The average Bonchev–Trinajstić information content (AvgIpc) is 2.98. The lowest BCUT2D eigenvalue weighted by Crippen LogP contribution is -2.38. The van der Waals surface area contributed by atoms with Gasteiger partial charge in [0.15, 0.2) is 0 Å². The summed E-state index contributed by atoms with van der Waals surface area (Å²) in [5.41, 5.74) is 2.31. The maximum absolute atomic E-state index is 12.3. The van der Waals surface area contributed by atoms with Gasteiger partial charge < -0.3 is 14.2 Å². The Bertz CT molecular complexity index is 610. The number of hydrogen-bond acceptors (Lipinski definition) is 2. The summed E-state index contributed by atoms with van der Waals surface area (Å²) in [5.74, 6) is -0.0730. The summed E-state index contributed by atoms with van der Waals surface area (Å²) < 4.78 is 7.26. The van der Waals surface area contributed by atoms with E-state index in [9.17, 15) is 4.79 Å². The molecule has 0 radical (unpaired) electrons. The lowest BCUT2D eigenvalue weighted by atomic mass is 10.2. The molecule has 124 valence electrons. The van der Waals surface area contributed by atoms with E-state index in [0.29, 0.717) is 19.7 Å². The number of carbonyl (C=O) groups excluding carboxylic acids is 1. The second kappa shape index (κ2) is 8.75. The highest BCUT2D eigenvalue weighted by atomic mass is 35.5. The summed E-state index contributed by atoms with van der Waals surface area (Å²) in [4.78, 5) is 14.0. The molecule has 1 heterocycles. The molecule has 2 aromatic rings. The molecule has 0 N–H and O–H groups in total. The maximum Gasteiger partial charge on any atom is 0.240 e. The van der Waals surface area contributed by atoms with Gasteiger partial charge in [-0.1, -0.05) is 30.3 Å². The Morgan fingerprint density at radius 2 is 2.00 bits per heavy atom. The van der Waals surface area contributed by atoms with Gasteiger partial charge in [-0.15, -0.1) is 11.6 Å². The lowest BCUT2D eigenvalue weighted by Gasteiger charge is -2.24. The summed E-state index contributed by atoms with van der Waals surface area (Å²) >= 11 is 5.97. The van der Waals surface area contributed by atoms with E-state index in [1.807, 2.05) is 36.5 Å². The molecule has 23 heavy (non-hydrogen) atoms. The topological polar surface area (TPSA) is 34.5 Å². The number of methoxy groups -OCH3 is 1. The standard InChI is InChI=1S/C18H23ClN2O2/c1-15(19)18(22)21(11-12-23-2)14-17-9-6-10-20(17)13-16-7-4-3-5-8-16/h3-10,15H,11-14H2,1-2H3/t15-/m1/s1. The fourth-order valence-electron chi connectivity index (χ4n) is 2.44. The third-order valence-electron chi connectivity index (χ3n) is 3.69. The number of benzene rings is 1. The van der Waals surface area contributed by atoms with Gasteiger partial charge in [-0.3, -0.25) is 4.79 Å². The molecule has 0 saturated heterocycles. The van der Waals surface area contributed by atoms with Crippen LogP contribution >= 0.6 is 11.6 Å². The van der Waals surface area contributed by atoms with Crippen molar-refractivity contribution in [2.45, 2.75) is 25.4 Å². The zero-order valence-electron chi connectivity index (χ0n) is 13.6. The van der Waals surface area contributed by atoms with Gasteiger partial charge in [0.05, 0.1) is 13.2 Å². The Hall–Kier alpha value is -1.78. The molecular weight excluding hydrogens is 312 g/mol. The number of hydrogen-bond donors (Lipinski definition) is 0. The van der Waals surface area contributed by atoms with E-state index in [2.05, 4.69) is 16.7 Å². The number of ether oxygens (including phenoxy) is 1. The Morgan fingerprint density at radius 3 is 2.65 bits per heavy atom. The highest BCUT2D eigenvalue weighted by Crippen LogP contribution is 2.12. The number of alkyl halides is 1. The Labute approximate surface area is 142 Å². The number of nitrogens with zero attached hydrogens (tertiary/aromatic N) is 2.